The molecule has 1 amide bonds. The van der Waals surface area contributed by atoms with Crippen LogP contribution in [0.25, 0.3) is 10.9 Å². The van der Waals surface area contributed by atoms with Crippen molar-refractivity contribution in [3.63, 3.8) is 0 Å². The van der Waals surface area contributed by atoms with Crippen LogP contribution in [-0.2, 0) is 17.8 Å². The average Bonchev–Trinajstić information content (AvgIpc) is 2.99. The van der Waals surface area contributed by atoms with Crippen LogP contribution >= 0.6 is 0 Å². The molecule has 2 heterocycles. The van der Waals surface area contributed by atoms with Gasteiger partial charge in [0.15, 0.2) is 5.75 Å². The van der Waals surface area contributed by atoms with Gasteiger partial charge < -0.3 is 19.8 Å². The molecule has 124 valence electrons. The van der Waals surface area contributed by atoms with E-state index >= 15 is 0 Å². The molecule has 3 N–H and O–H groups in total. The molecule has 6 heteroatoms. The smallest absolute Gasteiger partial charge is 0.226 e. The molecule has 3 rings (SSSR count). The summed E-state index contributed by atoms with van der Waals surface area (Å²) in [7, 11) is 0. The van der Waals surface area contributed by atoms with Crippen LogP contribution in [0.5, 0.6) is 5.75 Å². The predicted octanol–water partition coefficient (Wildman–Crippen LogP) is 2.32. The first-order valence-electron chi connectivity index (χ1n) is 7.68. The lowest BCUT2D eigenvalue weighted by molar-refractivity contribution is -0.124. The van der Waals surface area contributed by atoms with Crippen LogP contribution in [-0.4, -0.2) is 16.0 Å². The lowest BCUT2D eigenvalue weighted by atomic mass is 10.00. The summed E-state index contributed by atoms with van der Waals surface area (Å²) in [6, 6.07) is 9.12. The molecule has 0 saturated heterocycles. The summed E-state index contributed by atoms with van der Waals surface area (Å²) >= 11 is 0. The van der Waals surface area contributed by atoms with Gasteiger partial charge >= 0.3 is 0 Å². The van der Waals surface area contributed by atoms with Gasteiger partial charge in [-0.3, -0.25) is 9.59 Å². The van der Waals surface area contributed by atoms with Gasteiger partial charge in [-0.1, -0.05) is 25.1 Å². The normalized spacial score (nSPS) is 12.2. The van der Waals surface area contributed by atoms with E-state index in [-0.39, 0.29) is 18.4 Å². The fourth-order valence-corrected chi connectivity index (χ4v) is 2.61. The number of amides is 1. The molecule has 6 nitrogen and oxygen atoms in total. The van der Waals surface area contributed by atoms with Gasteiger partial charge in [0.2, 0.25) is 11.3 Å². The van der Waals surface area contributed by atoms with Gasteiger partial charge in [-0.15, -0.1) is 0 Å². The highest BCUT2D eigenvalue weighted by Crippen LogP contribution is 2.20. The molecule has 0 bridgehead atoms. The average molecular weight is 326 g/mol. The third-order valence-electron chi connectivity index (χ3n) is 3.95. The number of nitrogens with one attached hydrogen (secondary N) is 2. The highest BCUT2D eigenvalue weighted by Gasteiger charge is 2.16. The van der Waals surface area contributed by atoms with E-state index in [1.165, 1.54) is 6.07 Å². The second-order valence-corrected chi connectivity index (χ2v) is 5.78. The van der Waals surface area contributed by atoms with E-state index in [2.05, 4.69) is 10.3 Å². The van der Waals surface area contributed by atoms with Gasteiger partial charge in [0, 0.05) is 29.1 Å². The van der Waals surface area contributed by atoms with E-state index in [0.717, 1.165) is 22.7 Å². The first-order chi connectivity index (χ1) is 11.5. The summed E-state index contributed by atoms with van der Waals surface area (Å²) in [6.07, 6.45) is 3.50. The molecular weight excluding hydrogens is 308 g/mol. The lowest BCUT2D eigenvalue weighted by Gasteiger charge is -2.11. The van der Waals surface area contributed by atoms with Crippen molar-refractivity contribution >= 4 is 16.8 Å². The summed E-state index contributed by atoms with van der Waals surface area (Å²) < 4.78 is 5.06. The van der Waals surface area contributed by atoms with Crippen molar-refractivity contribution in [2.45, 2.75) is 19.9 Å². The van der Waals surface area contributed by atoms with Gasteiger partial charge in [-0.2, -0.15) is 0 Å². The summed E-state index contributed by atoms with van der Waals surface area (Å²) in [6.45, 7) is 1.96. The van der Waals surface area contributed by atoms with Crippen molar-refractivity contribution in [2.75, 3.05) is 0 Å². The molecular formula is C18H18N2O4. The largest absolute Gasteiger partial charge is 0.502 e. The van der Waals surface area contributed by atoms with Gasteiger partial charge in [-0.05, 0) is 18.1 Å². The molecule has 0 spiro atoms. The van der Waals surface area contributed by atoms with Crippen LogP contribution in [0.15, 0.2) is 52.0 Å². The van der Waals surface area contributed by atoms with E-state index in [1.54, 1.807) is 0 Å². The quantitative estimate of drug-likeness (QED) is 0.670. The second kappa shape index (κ2) is 6.62. The summed E-state index contributed by atoms with van der Waals surface area (Å²) in [5, 5.41) is 13.0. The Balaban J connectivity index is 1.62. The Morgan fingerprint density at radius 1 is 1.38 bits per heavy atom. The Morgan fingerprint density at radius 2 is 2.17 bits per heavy atom. The predicted molar refractivity (Wildman–Crippen MR) is 89.7 cm³/mol. The lowest BCUT2D eigenvalue weighted by Crippen LogP contribution is -2.30. The Labute approximate surface area is 138 Å². The third kappa shape index (κ3) is 3.32. The second-order valence-electron chi connectivity index (χ2n) is 5.78. The molecule has 1 aromatic carbocycles. The molecule has 0 saturated carbocycles. The van der Waals surface area contributed by atoms with E-state index in [1.807, 2.05) is 37.4 Å². The Bertz CT molecular complexity index is 926. The molecule has 1 unspecified atom stereocenters. The molecule has 0 aliphatic carbocycles. The topological polar surface area (TPSA) is 95.3 Å². The SMILES string of the molecule is CC(Cc1c[nH]c2ccccc12)C(=O)NCc1cc(=O)c(O)co1. The van der Waals surface area contributed by atoms with E-state index in [9.17, 15) is 9.59 Å². The molecule has 0 radical (unpaired) electrons. The Hall–Kier alpha value is -3.02. The minimum Gasteiger partial charge on any atom is -0.502 e. The molecule has 24 heavy (non-hydrogen) atoms. The molecule has 1 atom stereocenters. The third-order valence-corrected chi connectivity index (χ3v) is 3.95. The first kappa shape index (κ1) is 15.9. The molecule has 0 aliphatic rings. The Kier molecular flexibility index (Phi) is 4.37. The van der Waals surface area contributed by atoms with Gasteiger partial charge in [0.05, 0.1) is 6.54 Å². The summed E-state index contributed by atoms with van der Waals surface area (Å²) in [5.41, 5.74) is 1.60. The number of para-hydroxylation sites is 1. The maximum atomic E-state index is 12.2. The van der Waals surface area contributed by atoms with Crippen LogP contribution in [0.2, 0.25) is 0 Å². The van der Waals surface area contributed by atoms with Crippen molar-refractivity contribution in [3.05, 3.63) is 64.3 Å². The number of rotatable bonds is 5. The van der Waals surface area contributed by atoms with E-state index < -0.39 is 11.2 Å². The standard InChI is InChI=1S/C18H18N2O4/c1-11(6-12-8-19-15-5-3-2-4-14(12)15)18(23)20-9-13-7-16(21)17(22)10-24-13/h2-5,7-8,10-11,19,22H,6,9H2,1H3,(H,20,23). The van der Waals surface area contributed by atoms with Crippen molar-refractivity contribution < 1.29 is 14.3 Å². The molecule has 2 aromatic heterocycles. The fourth-order valence-electron chi connectivity index (χ4n) is 2.61. The maximum Gasteiger partial charge on any atom is 0.226 e. The van der Waals surface area contributed by atoms with E-state index in [0.29, 0.717) is 12.2 Å². The highest BCUT2D eigenvalue weighted by molar-refractivity contribution is 5.84. The van der Waals surface area contributed by atoms with Crippen molar-refractivity contribution in [1.29, 1.82) is 0 Å². The minimum atomic E-state index is -0.530. The monoisotopic (exact) mass is 326 g/mol. The Morgan fingerprint density at radius 3 is 2.96 bits per heavy atom. The summed E-state index contributed by atoms with van der Waals surface area (Å²) in [4.78, 5) is 26.8. The van der Waals surface area contributed by atoms with Crippen LogP contribution in [0.1, 0.15) is 18.2 Å². The number of carbonyl (C=O) groups excluding carboxylic acids is 1. The van der Waals surface area contributed by atoms with Gasteiger partial charge in [-0.25, -0.2) is 0 Å². The first-order valence-corrected chi connectivity index (χ1v) is 7.68. The van der Waals surface area contributed by atoms with Crippen molar-refractivity contribution in [1.82, 2.24) is 10.3 Å². The van der Waals surface area contributed by atoms with E-state index in [4.69, 9.17) is 9.52 Å². The zero-order valence-electron chi connectivity index (χ0n) is 13.2. The van der Waals surface area contributed by atoms with Gasteiger partial charge in [0.1, 0.15) is 12.0 Å². The molecule has 0 aliphatic heterocycles. The highest BCUT2D eigenvalue weighted by atomic mass is 16.4. The van der Waals surface area contributed by atoms with Gasteiger partial charge in [0.25, 0.3) is 0 Å². The summed E-state index contributed by atoms with van der Waals surface area (Å²) in [5.74, 6) is -0.507. The number of benzene rings is 1. The van der Waals surface area contributed by atoms with Crippen molar-refractivity contribution in [3.8, 4) is 5.75 Å². The minimum absolute atomic E-state index is 0.104. The van der Waals surface area contributed by atoms with Crippen LogP contribution < -0.4 is 10.7 Å². The van der Waals surface area contributed by atoms with Crippen LogP contribution in [0.4, 0.5) is 0 Å². The molecule has 3 aromatic rings. The van der Waals surface area contributed by atoms with Crippen LogP contribution in [0.3, 0.4) is 0 Å². The number of aromatic amines is 1. The maximum absolute atomic E-state index is 12.2. The van der Waals surface area contributed by atoms with Crippen molar-refractivity contribution in [2.24, 2.45) is 5.92 Å². The number of carbonyl (C=O) groups is 1. The number of hydrogen-bond acceptors (Lipinski definition) is 4. The zero-order chi connectivity index (χ0) is 17.1. The fraction of sp³-hybridized carbons (Fsp3) is 0.222. The van der Waals surface area contributed by atoms with Crippen LogP contribution in [0, 0.1) is 5.92 Å². The number of aromatic hydroxyl groups is 1. The number of aromatic nitrogens is 1. The molecule has 0 fully saturated rings. The number of fused-ring (bicyclic) bond motifs is 1. The number of hydrogen-bond donors (Lipinski definition) is 3. The zero-order valence-corrected chi connectivity index (χ0v) is 13.2. The number of H-pyrrole nitrogens is 1.